The molecule has 5 N–H and O–H groups in total. The lowest BCUT2D eigenvalue weighted by Crippen LogP contribution is -2.80. The first-order valence-corrected chi connectivity index (χ1v) is 16.4. The van der Waals surface area contributed by atoms with Crippen molar-refractivity contribution in [2.45, 2.75) is 115 Å². The maximum absolute atomic E-state index is 16.4. The van der Waals surface area contributed by atoms with Crippen molar-refractivity contribution in [1.29, 1.82) is 0 Å². The van der Waals surface area contributed by atoms with Gasteiger partial charge in [-0.15, -0.1) is 0 Å². The Morgan fingerprint density at radius 1 is 1.12 bits per heavy atom. The first-order valence-electron chi connectivity index (χ1n) is 16.4. The molecule has 6 heterocycles. The largest absolute Gasteiger partial charge is 0.334 e. The van der Waals surface area contributed by atoms with Crippen LogP contribution >= 0.6 is 0 Å². The summed E-state index contributed by atoms with van der Waals surface area (Å²) in [6, 6.07) is -0.315. The molecule has 6 aliphatic rings. The van der Waals surface area contributed by atoms with E-state index in [0.717, 1.165) is 38.8 Å². The first kappa shape index (κ1) is 30.2. The molecule has 6 aliphatic heterocycles. The van der Waals surface area contributed by atoms with E-state index in [0.29, 0.717) is 37.9 Å². The molecule has 0 saturated carbocycles. The fourth-order valence-electron chi connectivity index (χ4n) is 8.99. The minimum Gasteiger partial charge on any atom is -0.334 e. The van der Waals surface area contributed by atoms with E-state index in [1.165, 1.54) is 6.08 Å². The topological polar surface area (TPSA) is 107 Å². The maximum Gasteiger partial charge on any atom is 0.320 e. The number of carbonyl (C=O) groups excluding carboxylic acids is 2. The van der Waals surface area contributed by atoms with Crippen LogP contribution in [0, 0.1) is 17.8 Å². The van der Waals surface area contributed by atoms with E-state index in [2.05, 4.69) is 69.1 Å². The molecule has 6 fully saturated rings. The van der Waals surface area contributed by atoms with Crippen LogP contribution in [0.4, 0.5) is 9.18 Å². The number of hydrazine groups is 2. The summed E-state index contributed by atoms with van der Waals surface area (Å²) < 4.78 is 16.4. The molecule has 0 spiro atoms. The zero-order chi connectivity index (χ0) is 29.7. The number of rotatable bonds is 3. The van der Waals surface area contributed by atoms with Crippen LogP contribution in [0.3, 0.4) is 0 Å². The Morgan fingerprint density at radius 2 is 1.93 bits per heavy atom. The molecule has 0 aliphatic carbocycles. The molecule has 236 valence electrons. The van der Waals surface area contributed by atoms with E-state index >= 15 is 4.39 Å². The predicted octanol–water partition coefficient (Wildman–Crippen LogP) is 0.967. The Hall–Kier alpha value is -1.83. The van der Waals surface area contributed by atoms with E-state index in [4.69, 9.17) is 0 Å². The maximum atomic E-state index is 16.4. The summed E-state index contributed by atoms with van der Waals surface area (Å²) in [4.78, 5) is 33.2. The number of piperidine rings is 2. The number of amides is 3. The summed E-state index contributed by atoms with van der Waals surface area (Å²) in [6.07, 6.45) is 4.32. The number of alkyl halides is 1. The van der Waals surface area contributed by atoms with Gasteiger partial charge in [-0.2, -0.15) is 5.53 Å². The molecule has 11 atom stereocenters. The number of urea groups is 1. The Morgan fingerprint density at radius 3 is 2.69 bits per heavy atom. The van der Waals surface area contributed by atoms with Gasteiger partial charge in [0.15, 0.2) is 0 Å². The first-order chi connectivity index (χ1) is 20.2. The van der Waals surface area contributed by atoms with E-state index in [1.54, 1.807) is 0 Å². The lowest BCUT2D eigenvalue weighted by molar-refractivity contribution is -0.136. The minimum absolute atomic E-state index is 0.00946. The second-order valence-corrected chi connectivity index (χ2v) is 14.0. The van der Waals surface area contributed by atoms with Crippen molar-refractivity contribution in [1.82, 2.24) is 46.6 Å². The van der Waals surface area contributed by atoms with E-state index in [-0.39, 0.29) is 60.4 Å². The average Bonchev–Trinajstić information content (AvgIpc) is 3.43. The van der Waals surface area contributed by atoms with Gasteiger partial charge in [0.1, 0.15) is 6.17 Å². The van der Waals surface area contributed by atoms with Crippen LogP contribution in [-0.4, -0.2) is 119 Å². The highest BCUT2D eigenvalue weighted by atomic mass is 19.1. The van der Waals surface area contributed by atoms with Crippen molar-refractivity contribution in [3.8, 4) is 0 Å². The third-order valence-corrected chi connectivity index (χ3v) is 11.1. The standard InChI is InChI=1S/C30H52FN9O2/c1-6-24(41)37-15-19(5)38(16-18(37)4)28-21-13-22(31)26-23-14-33-36-39(23)12-8-7-9-20-10-11-32-25(17(2)3)27(20)40(29(21)34-26)30(42)35-28/h6,17-23,25-29,32-34,36H,1,7-16H2,2-5H3,(H,35,42). The molecule has 11 unspecified atom stereocenters. The number of piperazine rings is 1. The van der Waals surface area contributed by atoms with Crippen molar-refractivity contribution in [3.05, 3.63) is 12.7 Å². The molecule has 11 nitrogen and oxygen atoms in total. The third kappa shape index (κ3) is 5.36. The van der Waals surface area contributed by atoms with Crippen molar-refractivity contribution < 1.29 is 14.0 Å². The van der Waals surface area contributed by atoms with Gasteiger partial charge < -0.3 is 20.4 Å². The van der Waals surface area contributed by atoms with E-state index in [9.17, 15) is 9.59 Å². The van der Waals surface area contributed by atoms with Gasteiger partial charge in [-0.25, -0.2) is 19.6 Å². The smallest absolute Gasteiger partial charge is 0.320 e. The summed E-state index contributed by atoms with van der Waals surface area (Å²) >= 11 is 0. The fourth-order valence-corrected chi connectivity index (χ4v) is 8.99. The van der Waals surface area contributed by atoms with Crippen LogP contribution in [0.2, 0.25) is 0 Å². The molecule has 0 aromatic heterocycles. The molecule has 42 heavy (non-hydrogen) atoms. The monoisotopic (exact) mass is 589 g/mol. The second-order valence-electron chi connectivity index (χ2n) is 14.0. The number of carbonyl (C=O) groups is 2. The van der Waals surface area contributed by atoms with Crippen molar-refractivity contribution >= 4 is 11.9 Å². The van der Waals surface area contributed by atoms with Gasteiger partial charge in [0, 0.05) is 50.2 Å². The lowest BCUT2D eigenvalue weighted by Gasteiger charge is -2.60. The van der Waals surface area contributed by atoms with Gasteiger partial charge in [0.05, 0.1) is 30.5 Å². The summed E-state index contributed by atoms with van der Waals surface area (Å²) in [7, 11) is 0. The molecular formula is C30H52FN9O2. The van der Waals surface area contributed by atoms with Crippen LogP contribution < -0.4 is 26.9 Å². The van der Waals surface area contributed by atoms with Gasteiger partial charge in [-0.3, -0.25) is 15.0 Å². The lowest BCUT2D eigenvalue weighted by atomic mass is 9.75. The number of hydrogen-bond acceptors (Lipinski definition) is 8. The zero-order valence-electron chi connectivity index (χ0n) is 25.8. The van der Waals surface area contributed by atoms with Crippen molar-refractivity contribution in [3.63, 3.8) is 0 Å². The number of halogens is 1. The molecule has 0 aromatic carbocycles. The number of nitrogens with zero attached hydrogens (tertiary/aromatic N) is 4. The van der Waals surface area contributed by atoms with Gasteiger partial charge in [0.25, 0.3) is 0 Å². The molecule has 6 saturated heterocycles. The van der Waals surface area contributed by atoms with Crippen LogP contribution in [0.15, 0.2) is 12.7 Å². The number of hydrogen-bond donors (Lipinski definition) is 5. The highest BCUT2D eigenvalue weighted by Gasteiger charge is 2.57. The minimum atomic E-state index is -1.06. The second kappa shape index (κ2) is 12.3. The third-order valence-electron chi connectivity index (χ3n) is 11.1. The number of fused-ring (bicyclic) bond motifs is 5. The number of nitrogens with one attached hydrogen (secondary N) is 5. The highest BCUT2D eigenvalue weighted by molar-refractivity contribution is 5.87. The summed E-state index contributed by atoms with van der Waals surface area (Å²) in [5.74, 6) is 0.534. The van der Waals surface area contributed by atoms with E-state index < -0.39 is 12.2 Å². The SMILES string of the molecule is C=CC(=O)N1CC(C)N(C2NC(=O)N3C4NC(C(F)CC24)C2CNNN2CCCCC2CCNC(C(C)C)C23)CC1C. The van der Waals surface area contributed by atoms with Crippen LogP contribution in [0.5, 0.6) is 0 Å². The molecule has 0 aromatic rings. The quantitative estimate of drug-likeness (QED) is 0.310. The summed E-state index contributed by atoms with van der Waals surface area (Å²) in [5, 5.41) is 13.1. The average molecular weight is 590 g/mol. The Balaban J connectivity index is 1.37. The van der Waals surface area contributed by atoms with Crippen LogP contribution in [0.25, 0.3) is 0 Å². The molecule has 2 bridgehead atoms. The Labute approximate surface area is 250 Å². The molecule has 6 rings (SSSR count). The highest BCUT2D eigenvalue weighted by Crippen LogP contribution is 2.40. The van der Waals surface area contributed by atoms with E-state index in [1.807, 2.05) is 11.8 Å². The van der Waals surface area contributed by atoms with Crippen LogP contribution in [-0.2, 0) is 4.79 Å². The van der Waals surface area contributed by atoms with Gasteiger partial charge in [-0.05, 0) is 64.0 Å². The van der Waals surface area contributed by atoms with Crippen LogP contribution in [0.1, 0.15) is 59.8 Å². The summed E-state index contributed by atoms with van der Waals surface area (Å²) in [6.45, 7) is 16.0. The normalized spacial score (nSPS) is 43.6. The van der Waals surface area contributed by atoms with Crippen molar-refractivity contribution in [2.24, 2.45) is 17.8 Å². The fraction of sp³-hybridized carbons (Fsp3) is 0.867. The van der Waals surface area contributed by atoms with Gasteiger partial charge in [-0.1, -0.05) is 26.8 Å². The zero-order valence-corrected chi connectivity index (χ0v) is 25.8. The van der Waals surface area contributed by atoms with Gasteiger partial charge >= 0.3 is 6.03 Å². The molecule has 12 heteroatoms. The molecule has 3 amide bonds. The summed E-state index contributed by atoms with van der Waals surface area (Å²) in [5.41, 5.74) is 6.54. The van der Waals surface area contributed by atoms with Crippen molar-refractivity contribution in [2.75, 3.05) is 32.7 Å². The molecule has 0 radical (unpaired) electrons. The predicted molar refractivity (Wildman–Crippen MR) is 159 cm³/mol. The van der Waals surface area contributed by atoms with Gasteiger partial charge in [0.2, 0.25) is 5.91 Å². The Bertz CT molecular complexity index is 1020. The molecular weight excluding hydrogens is 537 g/mol. The Kier molecular flexibility index (Phi) is 8.83.